The third-order valence-electron chi connectivity index (χ3n) is 3.65. The zero-order valence-corrected chi connectivity index (χ0v) is 14.6. The van der Waals surface area contributed by atoms with Crippen molar-refractivity contribution in [1.29, 1.82) is 0 Å². The van der Waals surface area contributed by atoms with Gasteiger partial charge in [-0.2, -0.15) is 0 Å². The van der Waals surface area contributed by atoms with Crippen molar-refractivity contribution in [3.63, 3.8) is 0 Å². The van der Waals surface area contributed by atoms with Gasteiger partial charge in [0, 0.05) is 0 Å². The molecule has 0 fully saturated rings. The predicted molar refractivity (Wildman–Crippen MR) is 96.9 cm³/mol. The van der Waals surface area contributed by atoms with Crippen LogP contribution in [-0.2, 0) is 4.74 Å². The minimum atomic E-state index is -0.330. The fourth-order valence-corrected chi connectivity index (χ4v) is 2.10. The molecule has 0 aliphatic heterocycles. The van der Waals surface area contributed by atoms with Gasteiger partial charge in [0.25, 0.3) is 0 Å². The van der Waals surface area contributed by atoms with Gasteiger partial charge < -0.3 is 14.6 Å². The topological polar surface area (TPSA) is 38.7 Å². The first-order valence-electron chi connectivity index (χ1n) is 7.84. The second kappa shape index (κ2) is 9.21. The Morgan fingerprint density at radius 3 is 2.70 bits per heavy atom. The maximum Gasteiger partial charge on any atom is 0.161 e. The Kier molecular flexibility index (Phi) is 7.63. The molecule has 0 amide bonds. The number of phenolic OH excluding ortho intramolecular Hbond substituents is 1. The lowest BCUT2D eigenvalue weighted by atomic mass is 9.99. The van der Waals surface area contributed by atoms with Crippen molar-refractivity contribution in [2.24, 2.45) is 0 Å². The summed E-state index contributed by atoms with van der Waals surface area (Å²) in [5.41, 5.74) is 1.94. The molecule has 1 aromatic rings. The highest BCUT2D eigenvalue weighted by Gasteiger charge is 2.18. The predicted octanol–water partition coefficient (Wildman–Crippen LogP) is 5.12. The molecule has 0 bridgehead atoms. The van der Waals surface area contributed by atoms with Crippen LogP contribution < -0.4 is 4.74 Å². The van der Waals surface area contributed by atoms with Crippen LogP contribution in [0.4, 0.5) is 0 Å². The Bertz CT molecular complexity index is 568. The highest BCUT2D eigenvalue weighted by Crippen LogP contribution is 2.26. The van der Waals surface area contributed by atoms with Crippen LogP contribution >= 0.6 is 0 Å². The molecule has 0 spiro atoms. The molecule has 3 heteroatoms. The maximum absolute atomic E-state index is 9.58. The van der Waals surface area contributed by atoms with Crippen LogP contribution in [0, 0.1) is 0 Å². The lowest BCUT2D eigenvalue weighted by molar-refractivity contribution is 0.0183. The van der Waals surface area contributed by atoms with Gasteiger partial charge in [-0.3, -0.25) is 0 Å². The van der Waals surface area contributed by atoms with Gasteiger partial charge in [0.15, 0.2) is 11.5 Å². The second-order valence-electron chi connectivity index (χ2n) is 5.98. The Morgan fingerprint density at radius 2 is 2.09 bits per heavy atom. The summed E-state index contributed by atoms with van der Waals surface area (Å²) in [6, 6.07) is 5.23. The van der Waals surface area contributed by atoms with Crippen molar-refractivity contribution in [3.8, 4) is 11.5 Å². The molecule has 1 aromatic carbocycles. The van der Waals surface area contributed by atoms with Crippen LogP contribution in [0.1, 0.15) is 39.2 Å². The highest BCUT2D eigenvalue weighted by molar-refractivity contribution is 5.55. The van der Waals surface area contributed by atoms with E-state index >= 15 is 0 Å². The SMILES string of the molecule is C=CC(C)(CCC=C(C)C)OC/C=C/c1ccc(O)c(OC)c1. The number of aromatic hydroxyl groups is 1. The van der Waals surface area contributed by atoms with Crippen molar-refractivity contribution in [1.82, 2.24) is 0 Å². The van der Waals surface area contributed by atoms with E-state index in [1.54, 1.807) is 12.1 Å². The number of methoxy groups -OCH3 is 1. The number of benzene rings is 1. The smallest absolute Gasteiger partial charge is 0.161 e. The summed E-state index contributed by atoms with van der Waals surface area (Å²) in [5, 5.41) is 9.58. The van der Waals surface area contributed by atoms with Gasteiger partial charge in [-0.15, -0.1) is 6.58 Å². The Morgan fingerprint density at radius 1 is 1.35 bits per heavy atom. The number of rotatable bonds is 9. The lowest BCUT2D eigenvalue weighted by Crippen LogP contribution is -2.25. The normalized spacial score (nSPS) is 13.6. The standard InChI is InChI=1S/C20H28O3/c1-6-20(4,13-7-9-16(2)3)23-14-8-10-17-11-12-18(21)19(15-17)22-5/h6,8-12,15,21H,1,7,13-14H2,2-5H3/b10-8+. The van der Waals surface area contributed by atoms with E-state index in [-0.39, 0.29) is 11.4 Å². The molecule has 0 aliphatic rings. The zero-order valence-electron chi connectivity index (χ0n) is 14.6. The van der Waals surface area contributed by atoms with Gasteiger partial charge in [0.2, 0.25) is 0 Å². The molecule has 0 heterocycles. The van der Waals surface area contributed by atoms with Crippen LogP contribution in [0.25, 0.3) is 6.08 Å². The Hall–Kier alpha value is -2.00. The summed E-state index contributed by atoms with van der Waals surface area (Å²) in [6.07, 6.45) is 9.86. The molecular formula is C20H28O3. The summed E-state index contributed by atoms with van der Waals surface area (Å²) in [7, 11) is 1.54. The van der Waals surface area contributed by atoms with Crippen molar-refractivity contribution >= 4 is 6.08 Å². The molecule has 1 N–H and O–H groups in total. The Labute approximate surface area is 139 Å². The van der Waals surface area contributed by atoms with E-state index in [1.165, 1.54) is 12.7 Å². The average Bonchev–Trinajstić information content (AvgIpc) is 2.52. The van der Waals surface area contributed by atoms with E-state index < -0.39 is 0 Å². The molecule has 0 aromatic heterocycles. The van der Waals surface area contributed by atoms with Gasteiger partial charge in [-0.05, 0) is 51.3 Å². The Balaban J connectivity index is 2.56. The van der Waals surface area contributed by atoms with Gasteiger partial charge in [-0.1, -0.05) is 35.9 Å². The molecule has 126 valence electrons. The van der Waals surface area contributed by atoms with Crippen LogP contribution in [0.3, 0.4) is 0 Å². The number of hydrogen-bond donors (Lipinski definition) is 1. The third-order valence-corrected chi connectivity index (χ3v) is 3.65. The zero-order chi connectivity index (χ0) is 17.3. The number of phenols is 1. The van der Waals surface area contributed by atoms with E-state index in [4.69, 9.17) is 9.47 Å². The van der Waals surface area contributed by atoms with E-state index in [9.17, 15) is 5.11 Å². The molecule has 0 aliphatic carbocycles. The second-order valence-corrected chi connectivity index (χ2v) is 5.98. The first kappa shape index (κ1) is 19.0. The van der Waals surface area contributed by atoms with Crippen molar-refractivity contribution in [2.45, 2.75) is 39.2 Å². The summed E-state index contributed by atoms with van der Waals surface area (Å²) >= 11 is 0. The summed E-state index contributed by atoms with van der Waals surface area (Å²) in [5.74, 6) is 0.602. The third kappa shape index (κ3) is 6.74. The van der Waals surface area contributed by atoms with Crippen molar-refractivity contribution in [3.05, 3.63) is 54.1 Å². The van der Waals surface area contributed by atoms with Crippen LogP contribution in [0.2, 0.25) is 0 Å². The molecule has 1 unspecified atom stereocenters. The molecule has 0 saturated carbocycles. The van der Waals surface area contributed by atoms with Crippen LogP contribution in [0.15, 0.2) is 48.6 Å². The number of hydrogen-bond acceptors (Lipinski definition) is 3. The quantitative estimate of drug-likeness (QED) is 0.642. The fourth-order valence-electron chi connectivity index (χ4n) is 2.10. The highest BCUT2D eigenvalue weighted by atomic mass is 16.5. The van der Waals surface area contributed by atoms with Gasteiger partial charge >= 0.3 is 0 Å². The minimum absolute atomic E-state index is 0.138. The molecule has 3 nitrogen and oxygen atoms in total. The van der Waals surface area contributed by atoms with Gasteiger partial charge in [0.05, 0.1) is 19.3 Å². The summed E-state index contributed by atoms with van der Waals surface area (Å²) < 4.78 is 11.0. The molecule has 0 radical (unpaired) electrons. The monoisotopic (exact) mass is 316 g/mol. The largest absolute Gasteiger partial charge is 0.504 e. The van der Waals surface area contributed by atoms with E-state index in [1.807, 2.05) is 24.3 Å². The molecule has 1 rings (SSSR count). The van der Waals surface area contributed by atoms with Crippen molar-refractivity contribution < 1.29 is 14.6 Å². The average molecular weight is 316 g/mol. The summed E-state index contributed by atoms with van der Waals surface area (Å²) in [4.78, 5) is 0. The molecule has 0 saturated heterocycles. The minimum Gasteiger partial charge on any atom is -0.504 e. The van der Waals surface area contributed by atoms with E-state index in [2.05, 4.69) is 33.4 Å². The lowest BCUT2D eigenvalue weighted by Gasteiger charge is -2.25. The first-order valence-corrected chi connectivity index (χ1v) is 7.84. The molecule has 23 heavy (non-hydrogen) atoms. The van der Waals surface area contributed by atoms with Crippen LogP contribution in [0.5, 0.6) is 11.5 Å². The van der Waals surface area contributed by atoms with Crippen LogP contribution in [-0.4, -0.2) is 24.4 Å². The molecular weight excluding hydrogens is 288 g/mol. The van der Waals surface area contributed by atoms with Gasteiger partial charge in [-0.25, -0.2) is 0 Å². The summed E-state index contributed by atoms with van der Waals surface area (Å²) in [6.45, 7) is 10.6. The number of allylic oxidation sites excluding steroid dienone is 2. The van der Waals surface area contributed by atoms with E-state index in [0.29, 0.717) is 12.4 Å². The van der Waals surface area contributed by atoms with Crippen molar-refractivity contribution in [2.75, 3.05) is 13.7 Å². The molecule has 1 atom stereocenters. The first-order chi connectivity index (χ1) is 10.9. The maximum atomic E-state index is 9.58. The fraction of sp³-hybridized carbons (Fsp3) is 0.400. The van der Waals surface area contributed by atoms with Gasteiger partial charge in [0.1, 0.15) is 0 Å². The number of ether oxygens (including phenoxy) is 2. The van der Waals surface area contributed by atoms with E-state index in [0.717, 1.165) is 18.4 Å².